The van der Waals surface area contributed by atoms with E-state index in [-0.39, 0.29) is 11.9 Å². The summed E-state index contributed by atoms with van der Waals surface area (Å²) in [5.74, 6) is 1.58. The number of hydrogen-bond donors (Lipinski definition) is 0. The van der Waals surface area contributed by atoms with Crippen molar-refractivity contribution in [3.63, 3.8) is 0 Å². The molecule has 0 bridgehead atoms. The average molecular weight is 489 g/mol. The number of thiophene rings is 1. The number of carbonyl (C=O) groups excluding carboxylic acids is 1. The third-order valence-electron chi connectivity index (χ3n) is 6.23. The summed E-state index contributed by atoms with van der Waals surface area (Å²) in [6, 6.07) is 19.4. The van der Waals surface area contributed by atoms with Crippen molar-refractivity contribution in [1.82, 2.24) is 24.5 Å². The van der Waals surface area contributed by atoms with E-state index in [1.807, 2.05) is 75.3 Å². The minimum atomic E-state index is 0.0298. The standard InChI is InChI=1S/C25H21ClN6OS/c1-16-15-30(12-13-31(16)24(33)21-7-4-14-34-21)25-27-20-6-3-2-5-19(20)23-29-28-22(32(23)25)17-8-10-18(26)11-9-17/h2-11,14,16H,12-13,15H2,1H3/t16-/m1/s1. The number of anilines is 1. The lowest BCUT2D eigenvalue weighted by Crippen LogP contribution is -2.54. The SMILES string of the molecule is C[C@@H]1CN(c2nc3ccccc3c3nnc(-c4ccc(Cl)cc4)n23)CCN1C(=O)c1cccs1. The second-order valence-electron chi connectivity index (χ2n) is 8.39. The zero-order chi connectivity index (χ0) is 23.2. The van der Waals surface area contributed by atoms with Crippen LogP contribution in [0.5, 0.6) is 0 Å². The van der Waals surface area contributed by atoms with Crippen LogP contribution >= 0.6 is 22.9 Å². The van der Waals surface area contributed by atoms with E-state index in [1.54, 1.807) is 0 Å². The van der Waals surface area contributed by atoms with Gasteiger partial charge in [0.25, 0.3) is 5.91 Å². The molecule has 0 radical (unpaired) electrons. The highest BCUT2D eigenvalue weighted by atomic mass is 35.5. The zero-order valence-electron chi connectivity index (χ0n) is 18.4. The fourth-order valence-electron chi connectivity index (χ4n) is 4.55. The monoisotopic (exact) mass is 488 g/mol. The number of amides is 1. The van der Waals surface area contributed by atoms with Crippen LogP contribution in [0.15, 0.2) is 66.0 Å². The van der Waals surface area contributed by atoms with E-state index in [1.165, 1.54) is 11.3 Å². The van der Waals surface area contributed by atoms with Crippen molar-refractivity contribution in [1.29, 1.82) is 0 Å². The molecule has 1 amide bonds. The Bertz CT molecular complexity index is 1500. The maximum absolute atomic E-state index is 13.0. The molecule has 0 aliphatic carbocycles. The number of aromatic nitrogens is 4. The van der Waals surface area contributed by atoms with E-state index in [2.05, 4.69) is 22.0 Å². The van der Waals surface area contributed by atoms with Crippen molar-refractivity contribution in [3.05, 3.63) is 75.9 Å². The lowest BCUT2D eigenvalue weighted by atomic mass is 10.1. The van der Waals surface area contributed by atoms with Crippen molar-refractivity contribution in [2.75, 3.05) is 24.5 Å². The van der Waals surface area contributed by atoms with Gasteiger partial charge in [-0.2, -0.15) is 0 Å². The van der Waals surface area contributed by atoms with Crippen molar-refractivity contribution in [3.8, 4) is 11.4 Å². The number of carbonyl (C=O) groups is 1. The maximum Gasteiger partial charge on any atom is 0.264 e. The predicted molar refractivity (Wildman–Crippen MR) is 136 cm³/mol. The Morgan fingerprint density at radius 2 is 1.85 bits per heavy atom. The summed E-state index contributed by atoms with van der Waals surface area (Å²) < 4.78 is 2.02. The van der Waals surface area contributed by atoms with Crippen LogP contribution in [0.1, 0.15) is 16.6 Å². The van der Waals surface area contributed by atoms with E-state index in [4.69, 9.17) is 16.6 Å². The highest BCUT2D eigenvalue weighted by Crippen LogP contribution is 2.30. The Balaban J connectivity index is 1.44. The minimum absolute atomic E-state index is 0.0298. The van der Waals surface area contributed by atoms with Gasteiger partial charge in [-0.3, -0.25) is 4.79 Å². The van der Waals surface area contributed by atoms with E-state index in [0.29, 0.717) is 30.5 Å². The molecule has 1 fully saturated rings. The number of benzene rings is 2. The van der Waals surface area contributed by atoms with Gasteiger partial charge in [0.1, 0.15) is 0 Å². The van der Waals surface area contributed by atoms with Gasteiger partial charge in [0.15, 0.2) is 11.5 Å². The molecule has 6 rings (SSSR count). The summed E-state index contributed by atoms with van der Waals surface area (Å²) in [5, 5.41) is 12.6. The van der Waals surface area contributed by atoms with E-state index in [9.17, 15) is 4.79 Å². The molecule has 0 spiro atoms. The smallest absolute Gasteiger partial charge is 0.264 e. The Labute approximate surface area is 205 Å². The molecular formula is C25H21ClN6OS. The second-order valence-corrected chi connectivity index (χ2v) is 9.77. The molecule has 0 N–H and O–H groups in total. The third kappa shape index (κ3) is 3.50. The van der Waals surface area contributed by atoms with Crippen LogP contribution in [0.4, 0.5) is 5.95 Å². The fraction of sp³-hybridized carbons (Fsp3) is 0.200. The lowest BCUT2D eigenvalue weighted by molar-refractivity contribution is 0.0678. The molecule has 0 saturated carbocycles. The van der Waals surface area contributed by atoms with Crippen LogP contribution in [-0.4, -0.2) is 56.1 Å². The number of halogens is 1. The largest absolute Gasteiger partial charge is 0.338 e. The van der Waals surface area contributed by atoms with Crippen LogP contribution in [0.2, 0.25) is 5.02 Å². The first-order chi connectivity index (χ1) is 16.6. The first kappa shape index (κ1) is 21.1. The van der Waals surface area contributed by atoms with Crippen molar-refractivity contribution < 1.29 is 4.79 Å². The van der Waals surface area contributed by atoms with Gasteiger partial charge in [-0.1, -0.05) is 29.8 Å². The van der Waals surface area contributed by atoms with Gasteiger partial charge in [-0.25, -0.2) is 9.38 Å². The summed E-state index contributed by atoms with van der Waals surface area (Å²) in [6.45, 7) is 4.03. The molecule has 2 aromatic carbocycles. The molecular weight excluding hydrogens is 468 g/mol. The van der Waals surface area contributed by atoms with Crippen LogP contribution in [0, 0.1) is 0 Å². The first-order valence-corrected chi connectivity index (χ1v) is 12.3. The molecule has 5 aromatic rings. The van der Waals surface area contributed by atoms with Gasteiger partial charge >= 0.3 is 0 Å². The molecule has 170 valence electrons. The van der Waals surface area contributed by atoms with E-state index < -0.39 is 0 Å². The van der Waals surface area contributed by atoms with Crippen molar-refractivity contribution in [2.45, 2.75) is 13.0 Å². The van der Waals surface area contributed by atoms with Gasteiger partial charge in [0.05, 0.1) is 10.4 Å². The topological polar surface area (TPSA) is 66.6 Å². The highest BCUT2D eigenvalue weighted by Gasteiger charge is 2.31. The van der Waals surface area contributed by atoms with Crippen molar-refractivity contribution >= 4 is 51.3 Å². The normalized spacial score (nSPS) is 16.5. The Morgan fingerprint density at radius 1 is 1.03 bits per heavy atom. The molecule has 1 aliphatic rings. The number of nitrogens with zero attached hydrogens (tertiary/aromatic N) is 6. The number of piperazine rings is 1. The van der Waals surface area contributed by atoms with Crippen molar-refractivity contribution in [2.24, 2.45) is 0 Å². The van der Waals surface area contributed by atoms with E-state index >= 15 is 0 Å². The molecule has 7 nitrogen and oxygen atoms in total. The van der Waals surface area contributed by atoms with Gasteiger partial charge in [0.2, 0.25) is 5.95 Å². The number of rotatable bonds is 3. The Kier molecular flexibility index (Phi) is 5.19. The molecule has 1 atom stereocenters. The maximum atomic E-state index is 13.0. The summed E-state index contributed by atoms with van der Waals surface area (Å²) in [7, 11) is 0. The highest BCUT2D eigenvalue weighted by molar-refractivity contribution is 7.12. The summed E-state index contributed by atoms with van der Waals surface area (Å²) in [5.41, 5.74) is 2.54. The summed E-state index contributed by atoms with van der Waals surface area (Å²) >= 11 is 7.60. The number of para-hydroxylation sites is 1. The molecule has 1 saturated heterocycles. The van der Waals surface area contributed by atoms with Gasteiger partial charge in [-0.15, -0.1) is 21.5 Å². The van der Waals surface area contributed by atoms with Gasteiger partial charge in [0, 0.05) is 41.6 Å². The molecule has 9 heteroatoms. The predicted octanol–water partition coefficient (Wildman–Crippen LogP) is 5.01. The third-order valence-corrected chi connectivity index (χ3v) is 7.34. The van der Waals surface area contributed by atoms with Gasteiger partial charge < -0.3 is 9.80 Å². The second kappa shape index (κ2) is 8.38. The molecule has 1 aliphatic heterocycles. The molecule has 4 heterocycles. The average Bonchev–Trinajstić information content (AvgIpc) is 3.55. The van der Waals surface area contributed by atoms with Crippen LogP contribution < -0.4 is 4.90 Å². The Morgan fingerprint density at radius 3 is 2.62 bits per heavy atom. The number of fused-ring (bicyclic) bond motifs is 3. The molecule has 0 unspecified atom stereocenters. The molecule has 3 aromatic heterocycles. The molecule has 34 heavy (non-hydrogen) atoms. The Hall–Kier alpha value is -3.49. The van der Waals surface area contributed by atoms with Crippen LogP contribution in [0.3, 0.4) is 0 Å². The first-order valence-electron chi connectivity index (χ1n) is 11.1. The lowest BCUT2D eigenvalue weighted by Gasteiger charge is -2.40. The summed E-state index contributed by atoms with van der Waals surface area (Å²) in [6.07, 6.45) is 0. The minimum Gasteiger partial charge on any atom is -0.338 e. The van der Waals surface area contributed by atoms with Crippen LogP contribution in [-0.2, 0) is 0 Å². The van der Waals surface area contributed by atoms with E-state index in [0.717, 1.165) is 32.9 Å². The summed E-state index contributed by atoms with van der Waals surface area (Å²) in [4.78, 5) is 23.0. The van der Waals surface area contributed by atoms with Gasteiger partial charge in [-0.05, 0) is 54.8 Å². The fourth-order valence-corrected chi connectivity index (χ4v) is 5.35. The quantitative estimate of drug-likeness (QED) is 0.357. The zero-order valence-corrected chi connectivity index (χ0v) is 20.0. The number of hydrogen-bond acceptors (Lipinski definition) is 6. The van der Waals surface area contributed by atoms with Crippen LogP contribution in [0.25, 0.3) is 27.9 Å².